The van der Waals surface area contributed by atoms with Crippen LogP contribution in [0.4, 0.5) is 17.6 Å². The smallest absolute Gasteiger partial charge is 0.347 e. The predicted octanol–water partition coefficient (Wildman–Crippen LogP) is 4.25. The summed E-state index contributed by atoms with van der Waals surface area (Å²) in [5.41, 5.74) is 0.365. The number of amides is 1. The molecule has 1 atom stereocenters. The fraction of sp³-hybridized carbons (Fsp3) is 0.292. The normalized spacial score (nSPS) is 12.6. The summed E-state index contributed by atoms with van der Waals surface area (Å²) in [6.45, 7) is 3.06. The monoisotopic (exact) mass is 476 g/mol. The second kappa shape index (κ2) is 9.76. The first-order valence-electron chi connectivity index (χ1n) is 10.4. The minimum absolute atomic E-state index is 0.0158. The summed E-state index contributed by atoms with van der Waals surface area (Å²) in [5, 5.41) is 6.76. The molecule has 0 aliphatic heterocycles. The Bertz CT molecular complexity index is 1220. The molecule has 0 fully saturated rings. The average Bonchev–Trinajstić information content (AvgIpc) is 3.06. The van der Waals surface area contributed by atoms with Crippen LogP contribution < -0.4 is 5.32 Å². The molecule has 1 amide bonds. The van der Waals surface area contributed by atoms with Crippen LogP contribution in [0, 0.1) is 19.7 Å². The van der Waals surface area contributed by atoms with E-state index in [-0.39, 0.29) is 35.2 Å². The van der Waals surface area contributed by atoms with Crippen molar-refractivity contribution >= 4 is 11.7 Å². The van der Waals surface area contributed by atoms with E-state index < -0.39 is 29.2 Å². The fourth-order valence-electron chi connectivity index (χ4n) is 3.73. The summed E-state index contributed by atoms with van der Waals surface area (Å²) in [5.74, 6) is -2.16. The number of rotatable bonds is 7. The highest BCUT2D eigenvalue weighted by atomic mass is 19.4. The second-order valence-electron chi connectivity index (χ2n) is 8.08. The van der Waals surface area contributed by atoms with E-state index in [9.17, 15) is 27.2 Å². The number of hydrogen-bond acceptors (Lipinski definition) is 4. The van der Waals surface area contributed by atoms with Gasteiger partial charge in [0, 0.05) is 6.54 Å². The van der Waals surface area contributed by atoms with Gasteiger partial charge in [-0.2, -0.15) is 18.3 Å². The Kier molecular flexibility index (Phi) is 7.21. The van der Waals surface area contributed by atoms with Gasteiger partial charge in [-0.3, -0.25) is 9.59 Å². The van der Waals surface area contributed by atoms with Gasteiger partial charge in [0.25, 0.3) is 11.7 Å². The molecule has 0 saturated carbocycles. The highest BCUT2D eigenvalue weighted by Gasteiger charge is 2.31. The molecular weight excluding hydrogens is 452 g/mol. The molecule has 3 aromatic rings. The number of nitrogens with one attached hydrogen (secondary N) is 1. The van der Waals surface area contributed by atoms with Crippen LogP contribution in [0.3, 0.4) is 0 Å². The maximum atomic E-state index is 13.6. The molecule has 180 valence electrons. The maximum Gasteiger partial charge on any atom is 0.416 e. The van der Waals surface area contributed by atoms with Gasteiger partial charge in [0.2, 0.25) is 0 Å². The molecule has 0 aliphatic rings. The minimum atomic E-state index is -4.53. The molecule has 0 radical (unpaired) electrons. The Labute approximate surface area is 194 Å². The highest BCUT2D eigenvalue weighted by Crippen LogP contribution is 2.31. The lowest BCUT2D eigenvalue weighted by Gasteiger charge is -2.25. The van der Waals surface area contributed by atoms with Gasteiger partial charge < -0.3 is 10.2 Å². The lowest BCUT2D eigenvalue weighted by Crippen LogP contribution is -2.38. The van der Waals surface area contributed by atoms with Crippen LogP contribution >= 0.6 is 0 Å². The van der Waals surface area contributed by atoms with Crippen LogP contribution in [0.15, 0.2) is 48.5 Å². The van der Waals surface area contributed by atoms with Crippen molar-refractivity contribution in [3.63, 3.8) is 0 Å². The summed E-state index contributed by atoms with van der Waals surface area (Å²) in [7, 11) is 3.52. The van der Waals surface area contributed by atoms with E-state index in [1.807, 2.05) is 0 Å². The number of aryl methyl sites for hydroxylation is 1. The van der Waals surface area contributed by atoms with Gasteiger partial charge in [0.05, 0.1) is 34.2 Å². The zero-order valence-corrected chi connectivity index (χ0v) is 19.1. The maximum absolute atomic E-state index is 13.6. The van der Waals surface area contributed by atoms with E-state index in [0.717, 1.165) is 12.1 Å². The molecule has 1 heterocycles. The highest BCUT2D eigenvalue weighted by molar-refractivity contribution is 6.43. The van der Waals surface area contributed by atoms with E-state index in [2.05, 4.69) is 10.4 Å². The molecular formula is C24H24F4N4O2. The third-order valence-corrected chi connectivity index (χ3v) is 5.46. The van der Waals surface area contributed by atoms with Crippen LogP contribution in [-0.2, 0) is 11.0 Å². The van der Waals surface area contributed by atoms with Crippen LogP contribution in [0.25, 0.3) is 5.69 Å². The van der Waals surface area contributed by atoms with E-state index in [1.54, 1.807) is 31.1 Å². The first kappa shape index (κ1) is 25.1. The SMILES string of the molecule is Cc1nn(-c2cccc(C(F)(F)F)c2)c(C)c1C(=O)C(=O)NCC(c1cccc(F)c1)N(C)C. The zero-order chi connectivity index (χ0) is 25.2. The summed E-state index contributed by atoms with van der Waals surface area (Å²) >= 11 is 0. The molecule has 6 nitrogen and oxygen atoms in total. The Morgan fingerprint density at radius 1 is 1.09 bits per heavy atom. The topological polar surface area (TPSA) is 67.2 Å². The molecule has 34 heavy (non-hydrogen) atoms. The summed E-state index contributed by atoms with van der Waals surface area (Å²) in [4.78, 5) is 27.4. The molecule has 0 bridgehead atoms. The third kappa shape index (κ3) is 5.33. The number of alkyl halides is 3. The number of nitrogens with zero attached hydrogens (tertiary/aromatic N) is 3. The number of benzene rings is 2. The van der Waals surface area contributed by atoms with Gasteiger partial charge in [-0.05, 0) is 63.8 Å². The Morgan fingerprint density at radius 2 is 1.76 bits per heavy atom. The number of hydrogen-bond donors (Lipinski definition) is 1. The lowest BCUT2D eigenvalue weighted by molar-refractivity contribution is -0.137. The quantitative estimate of drug-likeness (QED) is 0.315. The van der Waals surface area contributed by atoms with Gasteiger partial charge >= 0.3 is 6.18 Å². The van der Waals surface area contributed by atoms with Crippen molar-refractivity contribution < 1.29 is 27.2 Å². The molecule has 3 rings (SSSR count). The summed E-state index contributed by atoms with van der Waals surface area (Å²) in [6, 6.07) is 10.1. The molecule has 1 N–H and O–H groups in total. The lowest BCUT2D eigenvalue weighted by atomic mass is 10.0. The number of carbonyl (C=O) groups excluding carboxylic acids is 2. The van der Waals surface area contributed by atoms with Crippen LogP contribution in [0.5, 0.6) is 0 Å². The largest absolute Gasteiger partial charge is 0.416 e. The first-order chi connectivity index (χ1) is 15.9. The minimum Gasteiger partial charge on any atom is -0.347 e. The van der Waals surface area contributed by atoms with Gasteiger partial charge in [-0.1, -0.05) is 18.2 Å². The van der Waals surface area contributed by atoms with Gasteiger partial charge in [-0.15, -0.1) is 0 Å². The average molecular weight is 476 g/mol. The molecule has 10 heteroatoms. The molecule has 0 aliphatic carbocycles. The molecule has 0 saturated heterocycles. The van der Waals surface area contributed by atoms with Crippen molar-refractivity contribution in [3.05, 3.63) is 82.4 Å². The van der Waals surface area contributed by atoms with E-state index in [1.165, 1.54) is 42.8 Å². The molecule has 0 spiro atoms. The zero-order valence-electron chi connectivity index (χ0n) is 19.1. The number of carbonyl (C=O) groups is 2. The van der Waals surface area contributed by atoms with Crippen LogP contribution in [0.1, 0.15) is 38.9 Å². The standard InChI is InChI=1S/C24H24F4N4O2/c1-14-21(15(2)32(30-14)19-10-6-8-17(12-19)24(26,27)28)22(33)23(34)29-13-20(31(3)4)16-7-5-9-18(25)11-16/h5-12,20H,13H2,1-4H3,(H,29,34). The Morgan fingerprint density at radius 3 is 2.38 bits per heavy atom. The van der Waals surface area contributed by atoms with Gasteiger partial charge in [-0.25, -0.2) is 9.07 Å². The number of halogens is 4. The van der Waals surface area contributed by atoms with Gasteiger partial charge in [0.15, 0.2) is 0 Å². The fourth-order valence-corrected chi connectivity index (χ4v) is 3.73. The van der Waals surface area contributed by atoms with Crippen molar-refractivity contribution in [1.82, 2.24) is 20.0 Å². The number of ketones is 1. The summed E-state index contributed by atoms with van der Waals surface area (Å²) in [6.07, 6.45) is -4.53. The van der Waals surface area contributed by atoms with Crippen molar-refractivity contribution in [2.75, 3.05) is 20.6 Å². The predicted molar refractivity (Wildman–Crippen MR) is 118 cm³/mol. The van der Waals surface area contributed by atoms with Crippen molar-refractivity contribution in [1.29, 1.82) is 0 Å². The number of aromatic nitrogens is 2. The van der Waals surface area contributed by atoms with Crippen molar-refractivity contribution in [3.8, 4) is 5.69 Å². The molecule has 1 unspecified atom stereocenters. The van der Waals surface area contributed by atoms with Crippen LogP contribution in [0.2, 0.25) is 0 Å². The number of likely N-dealkylation sites (N-methyl/N-ethyl adjacent to an activating group) is 1. The van der Waals surface area contributed by atoms with E-state index >= 15 is 0 Å². The number of Topliss-reactive ketones (excluding diaryl/α,β-unsaturated/α-hetero) is 1. The molecule has 1 aromatic heterocycles. The summed E-state index contributed by atoms with van der Waals surface area (Å²) < 4.78 is 54.1. The van der Waals surface area contributed by atoms with Gasteiger partial charge in [0.1, 0.15) is 5.82 Å². The van der Waals surface area contributed by atoms with Crippen molar-refractivity contribution in [2.24, 2.45) is 0 Å². The van der Waals surface area contributed by atoms with E-state index in [0.29, 0.717) is 5.56 Å². The van der Waals surface area contributed by atoms with Crippen LogP contribution in [-0.4, -0.2) is 47.0 Å². The second-order valence-corrected chi connectivity index (χ2v) is 8.08. The first-order valence-corrected chi connectivity index (χ1v) is 10.4. The Balaban J connectivity index is 1.82. The Hall–Kier alpha value is -3.53. The molecule has 2 aromatic carbocycles. The third-order valence-electron chi connectivity index (χ3n) is 5.46. The van der Waals surface area contributed by atoms with E-state index in [4.69, 9.17) is 0 Å². The van der Waals surface area contributed by atoms with Crippen molar-refractivity contribution in [2.45, 2.75) is 26.1 Å².